The topological polar surface area (TPSA) is 122 Å². The summed E-state index contributed by atoms with van der Waals surface area (Å²) < 4.78 is 10.4. The van der Waals surface area contributed by atoms with E-state index >= 15 is 0 Å². The lowest BCUT2D eigenvalue weighted by molar-refractivity contribution is -0.123. The van der Waals surface area contributed by atoms with Crippen LogP contribution in [-0.4, -0.2) is 41.8 Å². The van der Waals surface area contributed by atoms with Crippen molar-refractivity contribution in [1.82, 2.24) is 9.97 Å². The number of nitrogens with one attached hydrogen (secondary N) is 3. The lowest BCUT2D eigenvalue weighted by atomic mass is 9.92. The molecule has 2 heterocycles. The highest BCUT2D eigenvalue weighted by Gasteiger charge is 2.35. The van der Waals surface area contributed by atoms with Gasteiger partial charge in [-0.2, -0.15) is 0 Å². The Bertz CT molecular complexity index is 991. The van der Waals surface area contributed by atoms with Crippen LogP contribution in [-0.2, 0) is 9.59 Å². The Balaban J connectivity index is 1.91. The minimum Gasteiger partial charge on any atom is -0.497 e. The Labute approximate surface area is 171 Å². The van der Waals surface area contributed by atoms with E-state index in [0.29, 0.717) is 22.3 Å². The van der Waals surface area contributed by atoms with Crippen LogP contribution in [0.5, 0.6) is 11.5 Å². The molecule has 10 heteroatoms. The number of nitrogens with zero attached hydrogens (tertiary/aromatic N) is 1. The van der Waals surface area contributed by atoms with Crippen molar-refractivity contribution in [3.63, 3.8) is 0 Å². The molecule has 1 aliphatic rings. The van der Waals surface area contributed by atoms with E-state index in [1.165, 1.54) is 26.0 Å². The number of thioether (sulfide) groups is 1. The second kappa shape index (κ2) is 8.99. The summed E-state index contributed by atoms with van der Waals surface area (Å²) in [6.45, 7) is 2.01. The first-order valence-corrected chi connectivity index (χ1v) is 10.0. The number of hydrogen-bond acceptors (Lipinski definition) is 7. The smallest absolute Gasteiger partial charge is 0.257 e. The number of amides is 2. The number of hydrogen-bond donors (Lipinski definition) is 3. The lowest BCUT2D eigenvalue weighted by Gasteiger charge is -2.24. The molecule has 1 aromatic carbocycles. The number of aromatic amines is 1. The van der Waals surface area contributed by atoms with Crippen molar-refractivity contribution in [2.75, 3.05) is 30.6 Å². The van der Waals surface area contributed by atoms with Crippen molar-refractivity contribution in [2.24, 2.45) is 0 Å². The van der Waals surface area contributed by atoms with Crippen LogP contribution >= 0.6 is 11.8 Å². The molecule has 1 atom stereocenters. The summed E-state index contributed by atoms with van der Waals surface area (Å²) in [6, 6.07) is 4.93. The molecule has 3 N–H and O–H groups in total. The van der Waals surface area contributed by atoms with Gasteiger partial charge in [0.25, 0.3) is 5.56 Å². The van der Waals surface area contributed by atoms with Gasteiger partial charge in [-0.3, -0.25) is 14.4 Å². The summed E-state index contributed by atoms with van der Waals surface area (Å²) in [4.78, 5) is 44.7. The minimum absolute atomic E-state index is 0.130. The van der Waals surface area contributed by atoms with E-state index in [9.17, 15) is 14.4 Å². The SMILES string of the molecule is CCCSc1nc2c(c(=O)[nH]1)C(C(=O)Nc1ccc(OC)cc1OC)CC(=O)N2. The number of anilines is 2. The van der Waals surface area contributed by atoms with E-state index in [-0.39, 0.29) is 23.7 Å². The van der Waals surface area contributed by atoms with Crippen LogP contribution in [0, 0.1) is 0 Å². The summed E-state index contributed by atoms with van der Waals surface area (Å²) in [6.07, 6.45) is 0.760. The largest absolute Gasteiger partial charge is 0.497 e. The molecule has 0 aliphatic carbocycles. The predicted molar refractivity (Wildman–Crippen MR) is 110 cm³/mol. The molecular formula is C19H22N4O5S. The van der Waals surface area contributed by atoms with Gasteiger partial charge >= 0.3 is 0 Å². The van der Waals surface area contributed by atoms with Crippen LogP contribution in [0.3, 0.4) is 0 Å². The van der Waals surface area contributed by atoms with E-state index in [2.05, 4.69) is 20.6 Å². The van der Waals surface area contributed by atoms with Crippen molar-refractivity contribution >= 4 is 35.1 Å². The number of aromatic nitrogens is 2. The number of fused-ring (bicyclic) bond motifs is 1. The summed E-state index contributed by atoms with van der Waals surface area (Å²) in [5, 5.41) is 5.74. The van der Waals surface area contributed by atoms with Crippen LogP contribution < -0.4 is 25.7 Å². The lowest BCUT2D eigenvalue weighted by Crippen LogP contribution is -2.36. The summed E-state index contributed by atoms with van der Waals surface area (Å²) in [5.74, 6) is 0.0420. The van der Waals surface area contributed by atoms with Crippen molar-refractivity contribution in [3.05, 3.63) is 34.1 Å². The Morgan fingerprint density at radius 3 is 2.79 bits per heavy atom. The molecule has 1 unspecified atom stereocenters. The van der Waals surface area contributed by atoms with Crippen LogP contribution in [0.25, 0.3) is 0 Å². The molecule has 2 aromatic rings. The molecule has 0 spiro atoms. The zero-order chi connectivity index (χ0) is 21.0. The Morgan fingerprint density at radius 1 is 1.31 bits per heavy atom. The van der Waals surface area contributed by atoms with Gasteiger partial charge in [-0.1, -0.05) is 18.7 Å². The van der Waals surface area contributed by atoms with Gasteiger partial charge in [0.2, 0.25) is 11.8 Å². The maximum absolute atomic E-state index is 12.9. The molecule has 154 valence electrons. The molecular weight excluding hydrogens is 396 g/mol. The molecule has 0 saturated heterocycles. The summed E-state index contributed by atoms with van der Waals surface area (Å²) in [7, 11) is 2.99. The van der Waals surface area contributed by atoms with Crippen molar-refractivity contribution in [2.45, 2.75) is 30.8 Å². The number of H-pyrrole nitrogens is 1. The van der Waals surface area contributed by atoms with Gasteiger partial charge < -0.3 is 25.1 Å². The monoisotopic (exact) mass is 418 g/mol. The molecule has 3 rings (SSSR count). The second-order valence-corrected chi connectivity index (χ2v) is 7.43. The Morgan fingerprint density at radius 2 is 2.10 bits per heavy atom. The predicted octanol–water partition coefficient (Wildman–Crippen LogP) is 2.35. The van der Waals surface area contributed by atoms with E-state index in [0.717, 1.165) is 12.2 Å². The standard InChI is InChI=1S/C19H22N4O5S/c1-4-7-29-19-22-16-15(18(26)23-19)11(9-14(24)21-16)17(25)20-12-6-5-10(27-2)8-13(12)28-3/h5-6,8,11H,4,7,9H2,1-3H3,(H,20,25)(H2,21,22,23,24,26). The number of rotatable bonds is 7. The van der Waals surface area contributed by atoms with Gasteiger partial charge in [0.1, 0.15) is 17.3 Å². The van der Waals surface area contributed by atoms with Crippen molar-refractivity contribution < 1.29 is 19.1 Å². The second-order valence-electron chi connectivity index (χ2n) is 6.34. The van der Waals surface area contributed by atoms with E-state index in [1.807, 2.05) is 6.92 Å². The van der Waals surface area contributed by atoms with Gasteiger partial charge in [-0.15, -0.1) is 0 Å². The minimum atomic E-state index is -0.966. The van der Waals surface area contributed by atoms with E-state index in [4.69, 9.17) is 9.47 Å². The molecule has 0 fully saturated rings. The zero-order valence-corrected chi connectivity index (χ0v) is 17.1. The third-order valence-electron chi connectivity index (χ3n) is 4.36. The van der Waals surface area contributed by atoms with Crippen LogP contribution in [0.4, 0.5) is 11.5 Å². The number of benzene rings is 1. The molecule has 9 nitrogen and oxygen atoms in total. The highest BCUT2D eigenvalue weighted by molar-refractivity contribution is 7.99. The van der Waals surface area contributed by atoms with Crippen LogP contribution in [0.15, 0.2) is 28.2 Å². The number of ether oxygens (including phenoxy) is 2. The van der Waals surface area contributed by atoms with Gasteiger partial charge in [-0.25, -0.2) is 4.98 Å². The highest BCUT2D eigenvalue weighted by atomic mass is 32.2. The van der Waals surface area contributed by atoms with Crippen LogP contribution in [0.1, 0.15) is 31.2 Å². The Kier molecular flexibility index (Phi) is 6.42. The first-order valence-electron chi connectivity index (χ1n) is 9.06. The first kappa shape index (κ1) is 20.7. The fraction of sp³-hybridized carbons (Fsp3) is 0.368. The molecule has 29 heavy (non-hydrogen) atoms. The molecule has 1 aliphatic heterocycles. The summed E-state index contributed by atoms with van der Waals surface area (Å²) >= 11 is 1.38. The Hall–Kier alpha value is -3.01. The fourth-order valence-electron chi connectivity index (χ4n) is 2.96. The third kappa shape index (κ3) is 4.53. The zero-order valence-electron chi connectivity index (χ0n) is 16.3. The maximum atomic E-state index is 12.9. The normalized spacial score (nSPS) is 15.3. The third-order valence-corrected chi connectivity index (χ3v) is 5.43. The van der Waals surface area contributed by atoms with Gasteiger partial charge in [0.05, 0.1) is 31.4 Å². The van der Waals surface area contributed by atoms with Gasteiger partial charge in [-0.05, 0) is 18.6 Å². The van der Waals surface area contributed by atoms with Crippen LogP contribution in [0.2, 0.25) is 0 Å². The van der Waals surface area contributed by atoms with Gasteiger partial charge in [0.15, 0.2) is 5.16 Å². The van der Waals surface area contributed by atoms with E-state index in [1.54, 1.807) is 18.2 Å². The van der Waals surface area contributed by atoms with Gasteiger partial charge in [0, 0.05) is 18.2 Å². The number of carbonyl (C=O) groups is 2. The number of methoxy groups -OCH3 is 2. The average molecular weight is 418 g/mol. The number of carbonyl (C=O) groups excluding carboxylic acids is 2. The fourth-order valence-corrected chi connectivity index (χ4v) is 3.68. The molecule has 0 radical (unpaired) electrons. The molecule has 0 bridgehead atoms. The molecule has 0 saturated carbocycles. The van der Waals surface area contributed by atoms with Crippen molar-refractivity contribution in [3.8, 4) is 11.5 Å². The summed E-state index contributed by atoms with van der Waals surface area (Å²) in [5.41, 5.74) is 0.121. The quantitative estimate of drug-likeness (QED) is 0.466. The maximum Gasteiger partial charge on any atom is 0.257 e. The van der Waals surface area contributed by atoms with E-state index < -0.39 is 17.4 Å². The average Bonchev–Trinajstić information content (AvgIpc) is 2.71. The molecule has 1 aromatic heterocycles. The van der Waals surface area contributed by atoms with Crippen molar-refractivity contribution in [1.29, 1.82) is 0 Å². The first-order chi connectivity index (χ1) is 14.0. The molecule has 2 amide bonds. The highest BCUT2D eigenvalue weighted by Crippen LogP contribution is 2.33.